The molecule has 1 aromatic rings. The van der Waals surface area contributed by atoms with E-state index >= 15 is 0 Å². The molecule has 1 aromatic carbocycles. The van der Waals surface area contributed by atoms with Gasteiger partial charge in [0, 0.05) is 5.02 Å². The molecule has 2 saturated heterocycles. The number of halogens is 1. The summed E-state index contributed by atoms with van der Waals surface area (Å²) in [5.74, 6) is 1.89. The van der Waals surface area contributed by atoms with Gasteiger partial charge in [-0.1, -0.05) is 106 Å². The van der Waals surface area contributed by atoms with Gasteiger partial charge in [0.2, 0.25) is 0 Å². The summed E-state index contributed by atoms with van der Waals surface area (Å²) in [5, 5.41) is 0.874. The summed E-state index contributed by atoms with van der Waals surface area (Å²) in [6.45, 7) is 2.31. The highest BCUT2D eigenvalue weighted by molar-refractivity contribution is 6.80. The molecule has 0 atom stereocenters. The van der Waals surface area contributed by atoms with Gasteiger partial charge in [-0.2, -0.15) is 0 Å². The first kappa shape index (κ1) is 19.5. The van der Waals surface area contributed by atoms with Gasteiger partial charge in [0.05, 0.1) is 8.07 Å². The lowest BCUT2D eigenvalue weighted by atomic mass is 9.93. The van der Waals surface area contributed by atoms with E-state index in [0.29, 0.717) is 0 Å². The van der Waals surface area contributed by atoms with Crippen molar-refractivity contribution in [3.05, 3.63) is 34.9 Å². The molecule has 0 aromatic heterocycles. The van der Waals surface area contributed by atoms with Gasteiger partial charge in [-0.3, -0.25) is 0 Å². The summed E-state index contributed by atoms with van der Waals surface area (Å²) >= 11 is 6.05. The van der Waals surface area contributed by atoms with E-state index in [9.17, 15) is 0 Å². The standard InChI is InChI=1S/C23H37ClSi/c1-2-3-4-5-6-7-20-12-16-25(17-13-20)18-14-22(15-19-25)21-8-10-23(24)11-9-21/h8-11,20,22H,2-7,12-19H2,1H3. The highest BCUT2D eigenvalue weighted by Gasteiger charge is 2.40. The van der Waals surface area contributed by atoms with Crippen molar-refractivity contribution in [1.29, 1.82) is 0 Å². The highest BCUT2D eigenvalue weighted by atomic mass is 35.5. The second-order valence-corrected chi connectivity index (χ2v) is 14.4. The average Bonchev–Trinajstić information content (AvgIpc) is 2.65. The largest absolute Gasteiger partial charge is 0.0843 e. The number of hydrogen-bond acceptors (Lipinski definition) is 0. The molecule has 2 aliphatic rings. The first-order valence-corrected chi connectivity index (χ1v) is 14.2. The van der Waals surface area contributed by atoms with Crippen LogP contribution in [0.15, 0.2) is 24.3 Å². The Kier molecular flexibility index (Phi) is 7.48. The molecule has 0 nitrogen and oxygen atoms in total. The summed E-state index contributed by atoms with van der Waals surface area (Å²) in [4.78, 5) is 0. The van der Waals surface area contributed by atoms with Gasteiger partial charge in [0.1, 0.15) is 0 Å². The first-order valence-electron chi connectivity index (χ1n) is 11.0. The Morgan fingerprint density at radius 1 is 0.840 bits per heavy atom. The molecule has 1 spiro atoms. The van der Waals surface area contributed by atoms with Crippen LogP contribution in [0.5, 0.6) is 0 Å². The molecule has 140 valence electrons. The van der Waals surface area contributed by atoms with Crippen LogP contribution < -0.4 is 0 Å². The van der Waals surface area contributed by atoms with Crippen LogP contribution in [0.2, 0.25) is 29.2 Å². The monoisotopic (exact) mass is 376 g/mol. The molecule has 0 N–H and O–H groups in total. The molecule has 2 fully saturated rings. The van der Waals surface area contributed by atoms with E-state index in [1.165, 1.54) is 56.9 Å². The molecule has 0 radical (unpaired) electrons. The van der Waals surface area contributed by atoms with Crippen LogP contribution in [0.4, 0.5) is 0 Å². The fraction of sp³-hybridized carbons (Fsp3) is 0.739. The summed E-state index contributed by atoms with van der Waals surface area (Å²) in [7, 11) is -0.883. The molecule has 2 heterocycles. The van der Waals surface area contributed by atoms with E-state index in [1.54, 1.807) is 37.0 Å². The molecule has 0 aliphatic carbocycles. The lowest BCUT2D eigenvalue weighted by molar-refractivity contribution is 0.404. The zero-order chi connectivity index (χ0) is 17.5. The van der Waals surface area contributed by atoms with Crippen molar-refractivity contribution in [3.63, 3.8) is 0 Å². The third-order valence-corrected chi connectivity index (χ3v) is 12.9. The maximum Gasteiger partial charge on any atom is 0.0536 e. The maximum atomic E-state index is 6.05. The van der Waals surface area contributed by atoms with E-state index in [-0.39, 0.29) is 0 Å². The van der Waals surface area contributed by atoms with Crippen molar-refractivity contribution >= 4 is 19.7 Å². The van der Waals surface area contributed by atoms with Crippen LogP contribution in [0.25, 0.3) is 0 Å². The minimum absolute atomic E-state index is 0.812. The molecule has 0 amide bonds. The molecule has 2 aliphatic heterocycles. The van der Waals surface area contributed by atoms with Crippen molar-refractivity contribution in [2.75, 3.05) is 0 Å². The number of rotatable bonds is 7. The van der Waals surface area contributed by atoms with E-state index < -0.39 is 8.07 Å². The average molecular weight is 377 g/mol. The van der Waals surface area contributed by atoms with Gasteiger partial charge in [0.15, 0.2) is 0 Å². The van der Waals surface area contributed by atoms with Gasteiger partial charge >= 0.3 is 0 Å². The molecule has 25 heavy (non-hydrogen) atoms. The van der Waals surface area contributed by atoms with Crippen LogP contribution in [0.1, 0.15) is 82.6 Å². The Balaban J connectivity index is 1.39. The molecule has 3 rings (SSSR count). The number of hydrogen-bond donors (Lipinski definition) is 0. The fourth-order valence-corrected chi connectivity index (χ4v) is 11.0. The predicted molar refractivity (Wildman–Crippen MR) is 115 cm³/mol. The minimum atomic E-state index is -0.883. The summed E-state index contributed by atoms with van der Waals surface area (Å²) in [6.07, 6.45) is 14.8. The number of benzene rings is 1. The summed E-state index contributed by atoms with van der Waals surface area (Å²) < 4.78 is 0. The van der Waals surface area contributed by atoms with Crippen LogP contribution in [0, 0.1) is 5.92 Å². The summed E-state index contributed by atoms with van der Waals surface area (Å²) in [6, 6.07) is 15.2. The number of unbranched alkanes of at least 4 members (excludes halogenated alkanes) is 4. The van der Waals surface area contributed by atoms with Crippen LogP contribution >= 0.6 is 11.6 Å². The third-order valence-electron chi connectivity index (χ3n) is 7.27. The van der Waals surface area contributed by atoms with Gasteiger partial charge in [0.25, 0.3) is 0 Å². The molecular formula is C23H37ClSi. The Bertz CT molecular complexity index is 491. The molecular weight excluding hydrogens is 340 g/mol. The van der Waals surface area contributed by atoms with E-state index in [1.807, 2.05) is 0 Å². The van der Waals surface area contributed by atoms with Crippen molar-refractivity contribution in [2.45, 2.75) is 101 Å². The van der Waals surface area contributed by atoms with E-state index in [2.05, 4.69) is 31.2 Å². The summed E-state index contributed by atoms with van der Waals surface area (Å²) in [5.41, 5.74) is 1.54. The Labute approximate surface area is 161 Å². The fourth-order valence-electron chi connectivity index (χ4n) is 5.41. The molecule has 0 unspecified atom stereocenters. The van der Waals surface area contributed by atoms with Crippen LogP contribution in [0.3, 0.4) is 0 Å². The van der Waals surface area contributed by atoms with E-state index in [4.69, 9.17) is 11.6 Å². The highest BCUT2D eigenvalue weighted by Crippen LogP contribution is 2.47. The maximum absolute atomic E-state index is 6.05. The second kappa shape index (κ2) is 9.60. The van der Waals surface area contributed by atoms with Crippen molar-refractivity contribution in [2.24, 2.45) is 5.92 Å². The van der Waals surface area contributed by atoms with Gasteiger partial charge < -0.3 is 0 Å². The Hall–Kier alpha value is -0.273. The van der Waals surface area contributed by atoms with Crippen molar-refractivity contribution in [3.8, 4) is 0 Å². The first-order chi connectivity index (χ1) is 12.2. The predicted octanol–water partition coefficient (Wildman–Crippen LogP) is 8.44. The normalized spacial score (nSPS) is 29.8. The second-order valence-electron chi connectivity index (χ2n) is 8.97. The van der Waals surface area contributed by atoms with Crippen molar-refractivity contribution in [1.82, 2.24) is 0 Å². The lowest BCUT2D eigenvalue weighted by Gasteiger charge is -2.43. The lowest BCUT2D eigenvalue weighted by Crippen LogP contribution is -2.41. The zero-order valence-electron chi connectivity index (χ0n) is 16.2. The minimum Gasteiger partial charge on any atom is -0.0843 e. The topological polar surface area (TPSA) is 0 Å². The Morgan fingerprint density at radius 2 is 1.44 bits per heavy atom. The van der Waals surface area contributed by atoms with Crippen LogP contribution in [-0.2, 0) is 0 Å². The quantitative estimate of drug-likeness (QED) is 0.330. The van der Waals surface area contributed by atoms with Gasteiger partial charge in [-0.05, 0) is 42.4 Å². The molecule has 0 saturated carbocycles. The molecule has 2 heteroatoms. The SMILES string of the molecule is CCCCCCCC1CC[Si]2(CC1)CCC(c1ccc(Cl)cc1)CC2. The Morgan fingerprint density at radius 3 is 2.08 bits per heavy atom. The molecule has 0 bridgehead atoms. The zero-order valence-corrected chi connectivity index (χ0v) is 18.0. The van der Waals surface area contributed by atoms with Crippen molar-refractivity contribution < 1.29 is 0 Å². The third kappa shape index (κ3) is 5.60. The van der Waals surface area contributed by atoms with Crippen LogP contribution in [-0.4, -0.2) is 8.07 Å². The van der Waals surface area contributed by atoms with Gasteiger partial charge in [-0.15, -0.1) is 0 Å². The smallest absolute Gasteiger partial charge is 0.0536 e. The van der Waals surface area contributed by atoms with Gasteiger partial charge in [-0.25, -0.2) is 0 Å². The van der Waals surface area contributed by atoms with E-state index in [0.717, 1.165) is 16.9 Å².